The first-order chi connectivity index (χ1) is 25.6. The predicted molar refractivity (Wildman–Crippen MR) is 208 cm³/mol. The summed E-state index contributed by atoms with van der Waals surface area (Å²) in [7, 11) is 0. The van der Waals surface area contributed by atoms with Crippen LogP contribution in [-0.2, 0) is 0 Å². The van der Waals surface area contributed by atoms with Gasteiger partial charge in [0.15, 0.2) is 11.4 Å². The van der Waals surface area contributed by atoms with Crippen molar-refractivity contribution in [3.63, 3.8) is 0 Å². The topological polar surface area (TPSA) is 66.2 Å². The Bertz CT molecular complexity index is 3050. The first kappa shape index (κ1) is 30.2. The Morgan fingerprint density at radius 1 is 0.462 bits per heavy atom. The van der Waals surface area contributed by atoms with E-state index in [4.69, 9.17) is 13.1 Å². The molecular formula is C46H24N6. The normalized spacial score (nSPS) is 11.0. The molecule has 2 aromatic heterocycles. The second-order valence-corrected chi connectivity index (χ2v) is 12.5. The van der Waals surface area contributed by atoms with E-state index in [9.17, 15) is 10.5 Å². The van der Waals surface area contributed by atoms with Crippen LogP contribution in [0.25, 0.3) is 86.9 Å². The first-order valence-corrected chi connectivity index (χ1v) is 16.6. The fourth-order valence-electron chi connectivity index (χ4n) is 7.71. The third-order valence-corrected chi connectivity index (χ3v) is 9.84. The van der Waals surface area contributed by atoms with Gasteiger partial charge in [-0.3, -0.25) is 0 Å². The lowest BCUT2D eigenvalue weighted by Gasteiger charge is -2.12. The summed E-state index contributed by atoms with van der Waals surface area (Å²) in [6.07, 6.45) is 0. The van der Waals surface area contributed by atoms with Gasteiger partial charge in [0.2, 0.25) is 0 Å². The summed E-state index contributed by atoms with van der Waals surface area (Å²) in [6.45, 7) is 15.9. The van der Waals surface area contributed by atoms with Gasteiger partial charge in [-0.05, 0) is 77.9 Å². The molecule has 0 aliphatic carbocycles. The van der Waals surface area contributed by atoms with Crippen LogP contribution in [-0.4, -0.2) is 9.13 Å². The molecule has 0 saturated heterocycles. The summed E-state index contributed by atoms with van der Waals surface area (Å²) >= 11 is 0. The Hall–Kier alpha value is -7.90. The van der Waals surface area contributed by atoms with Gasteiger partial charge in [-0.1, -0.05) is 78.9 Å². The summed E-state index contributed by atoms with van der Waals surface area (Å²) in [5.41, 5.74) is 10.3. The molecule has 0 unspecified atom stereocenters. The number of aromatic nitrogens is 2. The van der Waals surface area contributed by atoms with Gasteiger partial charge in [-0.15, -0.1) is 0 Å². The second-order valence-electron chi connectivity index (χ2n) is 12.5. The zero-order chi connectivity index (χ0) is 35.3. The fraction of sp³-hybridized carbons (Fsp3) is 0. The van der Waals surface area contributed by atoms with E-state index in [1.807, 2.05) is 48.5 Å². The molecule has 7 aromatic carbocycles. The van der Waals surface area contributed by atoms with Crippen molar-refractivity contribution in [2.75, 3.05) is 0 Å². The molecule has 0 aliphatic rings. The molecule has 2 heterocycles. The van der Waals surface area contributed by atoms with Crippen LogP contribution in [0.1, 0.15) is 11.1 Å². The summed E-state index contributed by atoms with van der Waals surface area (Å²) in [5.74, 6) is 0. The van der Waals surface area contributed by atoms with E-state index in [1.54, 1.807) is 36.4 Å². The summed E-state index contributed by atoms with van der Waals surface area (Å²) in [4.78, 5) is 7.59. The standard InChI is InChI=1S/C46H24N6/c1-49-38-17-8-11-30(27-47)44(38)29-21-23-42-37(25-29)46-35(45-31(28-48)12-9-18-39(45)50-2)16-10-20-43(46)52(42)33-22-24-41-36(26-33)34-15-6-7-19-40(34)51(41)32-13-4-3-5-14-32/h3-26H. The average Bonchev–Trinajstić information content (AvgIpc) is 3.72. The minimum Gasteiger partial charge on any atom is -0.309 e. The first-order valence-electron chi connectivity index (χ1n) is 16.6. The van der Waals surface area contributed by atoms with Crippen LogP contribution in [0.2, 0.25) is 0 Å². The van der Waals surface area contributed by atoms with Crippen LogP contribution in [0.5, 0.6) is 0 Å². The number of hydrogen-bond acceptors (Lipinski definition) is 2. The van der Waals surface area contributed by atoms with Crippen LogP contribution < -0.4 is 0 Å². The van der Waals surface area contributed by atoms with Crippen LogP contribution in [0.4, 0.5) is 11.4 Å². The van der Waals surface area contributed by atoms with Crippen LogP contribution in [0, 0.1) is 35.8 Å². The number of fused-ring (bicyclic) bond motifs is 6. The Balaban J connectivity index is 1.40. The van der Waals surface area contributed by atoms with Crippen molar-refractivity contribution in [1.82, 2.24) is 9.13 Å². The molecule has 0 amide bonds. The van der Waals surface area contributed by atoms with Crippen molar-refractivity contribution in [2.24, 2.45) is 0 Å². The molecule has 9 aromatic rings. The van der Waals surface area contributed by atoms with E-state index in [1.165, 1.54) is 0 Å². The SMILES string of the molecule is [C-]#[N+]c1cccc(C#N)c1-c1ccc2c(c1)c1c(-c3c(C#N)cccc3[N+]#[C-])cccc1n2-c1ccc2c(c1)c1ccccc1n2-c1ccccc1. The monoisotopic (exact) mass is 660 g/mol. The lowest BCUT2D eigenvalue weighted by atomic mass is 9.92. The number of rotatable bonds is 4. The van der Waals surface area contributed by atoms with E-state index in [-0.39, 0.29) is 0 Å². The van der Waals surface area contributed by atoms with Crippen LogP contribution >= 0.6 is 0 Å². The maximum absolute atomic E-state index is 10.2. The van der Waals surface area contributed by atoms with Crippen LogP contribution in [0.15, 0.2) is 146 Å². The molecule has 0 spiro atoms. The fourth-order valence-corrected chi connectivity index (χ4v) is 7.71. The maximum atomic E-state index is 10.2. The van der Waals surface area contributed by atoms with Crippen molar-refractivity contribution in [1.29, 1.82) is 10.5 Å². The third-order valence-electron chi connectivity index (χ3n) is 9.84. The smallest absolute Gasteiger partial charge is 0.196 e. The molecule has 6 heteroatoms. The molecule has 238 valence electrons. The number of para-hydroxylation sites is 2. The van der Waals surface area contributed by atoms with Gasteiger partial charge >= 0.3 is 0 Å². The van der Waals surface area contributed by atoms with E-state index < -0.39 is 0 Å². The molecule has 6 nitrogen and oxygen atoms in total. The van der Waals surface area contributed by atoms with Gasteiger partial charge in [-0.2, -0.15) is 10.5 Å². The van der Waals surface area contributed by atoms with E-state index >= 15 is 0 Å². The maximum Gasteiger partial charge on any atom is 0.196 e. The summed E-state index contributed by atoms with van der Waals surface area (Å²) in [5, 5.41) is 24.3. The zero-order valence-corrected chi connectivity index (χ0v) is 27.5. The number of hydrogen-bond donors (Lipinski definition) is 0. The number of benzene rings is 7. The molecule has 9 rings (SSSR count). The Morgan fingerprint density at radius 2 is 1.06 bits per heavy atom. The molecule has 0 radical (unpaired) electrons. The lowest BCUT2D eigenvalue weighted by Crippen LogP contribution is -1.96. The highest BCUT2D eigenvalue weighted by Crippen LogP contribution is 2.45. The molecule has 0 saturated carbocycles. The molecule has 52 heavy (non-hydrogen) atoms. The van der Waals surface area contributed by atoms with Crippen molar-refractivity contribution in [3.05, 3.63) is 180 Å². The minimum absolute atomic E-state index is 0.392. The highest BCUT2D eigenvalue weighted by atomic mass is 15.0. The minimum atomic E-state index is 0.392. The van der Waals surface area contributed by atoms with E-state index in [0.717, 1.165) is 66.1 Å². The van der Waals surface area contributed by atoms with Gasteiger partial charge < -0.3 is 9.13 Å². The molecule has 0 aliphatic heterocycles. The van der Waals surface area contributed by atoms with Crippen molar-refractivity contribution in [3.8, 4) is 45.8 Å². The zero-order valence-electron chi connectivity index (χ0n) is 27.5. The third kappa shape index (κ3) is 4.40. The van der Waals surface area contributed by atoms with Gasteiger partial charge in [0.25, 0.3) is 0 Å². The number of nitriles is 2. The molecule has 0 N–H and O–H groups in total. The van der Waals surface area contributed by atoms with Crippen molar-refractivity contribution >= 4 is 55.0 Å². The molecule has 0 fully saturated rings. The summed E-state index contributed by atoms with van der Waals surface area (Å²) < 4.78 is 4.52. The Morgan fingerprint density at radius 3 is 1.81 bits per heavy atom. The average molecular weight is 661 g/mol. The van der Waals surface area contributed by atoms with Gasteiger partial charge in [0, 0.05) is 55.2 Å². The predicted octanol–water partition coefficient (Wildman–Crippen LogP) is 12.1. The van der Waals surface area contributed by atoms with E-state index in [0.29, 0.717) is 33.6 Å². The molecule has 0 atom stereocenters. The van der Waals surface area contributed by atoms with Gasteiger partial charge in [-0.25, -0.2) is 9.69 Å². The van der Waals surface area contributed by atoms with Gasteiger partial charge in [0.05, 0.1) is 47.3 Å². The van der Waals surface area contributed by atoms with Crippen molar-refractivity contribution in [2.45, 2.75) is 0 Å². The van der Waals surface area contributed by atoms with Gasteiger partial charge in [0.1, 0.15) is 0 Å². The Kier molecular flexibility index (Phi) is 6.91. The highest BCUT2D eigenvalue weighted by Gasteiger charge is 2.22. The molecule has 0 bridgehead atoms. The highest BCUT2D eigenvalue weighted by molar-refractivity contribution is 6.18. The number of nitrogens with zero attached hydrogens (tertiary/aromatic N) is 6. The second kappa shape index (κ2) is 11.9. The Labute approximate surface area is 299 Å². The summed E-state index contributed by atoms with van der Waals surface area (Å²) in [6, 6.07) is 52.4. The molecular weight excluding hydrogens is 637 g/mol. The van der Waals surface area contributed by atoms with Crippen LogP contribution in [0.3, 0.4) is 0 Å². The lowest BCUT2D eigenvalue weighted by molar-refractivity contribution is 1.17. The van der Waals surface area contributed by atoms with Crippen molar-refractivity contribution < 1.29 is 0 Å². The quantitative estimate of drug-likeness (QED) is 0.176. The van der Waals surface area contributed by atoms with E-state index in [2.05, 4.69) is 91.6 Å². The largest absolute Gasteiger partial charge is 0.309 e.